The van der Waals surface area contributed by atoms with Crippen LogP contribution in [0.5, 0.6) is 0 Å². The number of hydrogen-bond donors (Lipinski definition) is 1. The van der Waals surface area contributed by atoms with Gasteiger partial charge in [-0.2, -0.15) is 4.68 Å². The summed E-state index contributed by atoms with van der Waals surface area (Å²) < 4.78 is 0.538. The summed E-state index contributed by atoms with van der Waals surface area (Å²) in [5.41, 5.74) is 0.797. The molecule has 0 unspecified atom stereocenters. The van der Waals surface area contributed by atoms with Crippen LogP contribution in [0.2, 0.25) is 0 Å². The van der Waals surface area contributed by atoms with Crippen molar-refractivity contribution < 1.29 is 9.90 Å². The fourth-order valence-electron chi connectivity index (χ4n) is 1.25. The molecule has 2 rings (SSSR count). The van der Waals surface area contributed by atoms with Crippen LogP contribution in [0.4, 0.5) is 0 Å². The molecule has 0 saturated heterocycles. The molecule has 0 spiro atoms. The van der Waals surface area contributed by atoms with Crippen molar-refractivity contribution in [2.45, 2.75) is 23.8 Å². The second-order valence-electron chi connectivity index (χ2n) is 4.13. The van der Waals surface area contributed by atoms with Gasteiger partial charge in [0.2, 0.25) is 5.16 Å². The van der Waals surface area contributed by atoms with Crippen LogP contribution in [0.25, 0.3) is 5.69 Å². The molecule has 6 nitrogen and oxygen atoms in total. The summed E-state index contributed by atoms with van der Waals surface area (Å²) in [6.07, 6.45) is 0. The number of aromatic nitrogens is 4. The zero-order valence-electron chi connectivity index (χ0n) is 9.94. The van der Waals surface area contributed by atoms with Crippen molar-refractivity contribution in [3.05, 3.63) is 30.3 Å². The SMILES string of the molecule is CC(C)(Sc1nnnn1-c1ccccc1)C(=O)O. The number of hydrogen-bond acceptors (Lipinski definition) is 5. The normalized spacial score (nSPS) is 11.4. The van der Waals surface area contributed by atoms with Crippen LogP contribution in [-0.4, -0.2) is 36.0 Å². The monoisotopic (exact) mass is 264 g/mol. The highest BCUT2D eigenvalue weighted by atomic mass is 32.2. The van der Waals surface area contributed by atoms with Crippen LogP contribution in [-0.2, 0) is 4.79 Å². The van der Waals surface area contributed by atoms with Gasteiger partial charge in [0.25, 0.3) is 0 Å². The molecule has 0 radical (unpaired) electrons. The lowest BCUT2D eigenvalue weighted by Crippen LogP contribution is -2.27. The Morgan fingerprint density at radius 3 is 2.61 bits per heavy atom. The van der Waals surface area contributed by atoms with E-state index in [1.54, 1.807) is 13.8 Å². The fourth-order valence-corrected chi connectivity index (χ4v) is 2.10. The van der Waals surface area contributed by atoms with Crippen LogP contribution in [0.15, 0.2) is 35.5 Å². The molecular weight excluding hydrogens is 252 g/mol. The fraction of sp³-hybridized carbons (Fsp3) is 0.273. The number of para-hydroxylation sites is 1. The molecule has 0 bridgehead atoms. The highest BCUT2D eigenvalue weighted by molar-refractivity contribution is 8.01. The maximum Gasteiger partial charge on any atom is 0.319 e. The van der Waals surface area contributed by atoms with Crippen molar-refractivity contribution in [1.82, 2.24) is 20.2 Å². The van der Waals surface area contributed by atoms with E-state index < -0.39 is 10.7 Å². The number of benzene rings is 1. The number of tetrazole rings is 1. The predicted molar refractivity (Wildman–Crippen MR) is 66.7 cm³/mol. The number of carboxylic acid groups (broad SMARTS) is 1. The van der Waals surface area contributed by atoms with Crippen LogP contribution in [0.3, 0.4) is 0 Å². The zero-order valence-corrected chi connectivity index (χ0v) is 10.8. The minimum absolute atomic E-state index is 0.452. The maximum atomic E-state index is 11.1. The summed E-state index contributed by atoms with van der Waals surface area (Å²) in [7, 11) is 0. The topological polar surface area (TPSA) is 80.9 Å². The molecule has 1 aromatic carbocycles. The molecule has 0 aliphatic heterocycles. The minimum Gasteiger partial charge on any atom is -0.480 e. The largest absolute Gasteiger partial charge is 0.480 e. The van der Waals surface area contributed by atoms with Gasteiger partial charge < -0.3 is 5.11 Å². The third-order valence-electron chi connectivity index (χ3n) is 2.30. The third-order valence-corrected chi connectivity index (χ3v) is 3.43. The predicted octanol–water partition coefficient (Wildman–Crippen LogP) is 1.62. The van der Waals surface area contributed by atoms with Gasteiger partial charge in [0.1, 0.15) is 4.75 Å². The van der Waals surface area contributed by atoms with Crippen molar-refractivity contribution in [2.75, 3.05) is 0 Å². The molecule has 94 valence electrons. The Labute approximate surface area is 108 Å². The van der Waals surface area contributed by atoms with Gasteiger partial charge in [-0.15, -0.1) is 5.10 Å². The molecule has 0 aliphatic carbocycles. The number of aliphatic carboxylic acids is 1. The van der Waals surface area contributed by atoms with Crippen LogP contribution in [0, 0.1) is 0 Å². The first-order chi connectivity index (χ1) is 8.50. The van der Waals surface area contributed by atoms with E-state index >= 15 is 0 Å². The van der Waals surface area contributed by atoms with Gasteiger partial charge in [-0.25, -0.2) is 0 Å². The summed E-state index contributed by atoms with van der Waals surface area (Å²) in [5, 5.41) is 20.9. The number of carboxylic acids is 1. The van der Waals surface area contributed by atoms with E-state index in [1.807, 2.05) is 30.3 Å². The lowest BCUT2D eigenvalue weighted by molar-refractivity contribution is -0.138. The van der Waals surface area contributed by atoms with Crippen molar-refractivity contribution in [3.8, 4) is 5.69 Å². The van der Waals surface area contributed by atoms with Crippen molar-refractivity contribution >= 4 is 17.7 Å². The van der Waals surface area contributed by atoms with Crippen molar-refractivity contribution in [3.63, 3.8) is 0 Å². The zero-order chi connectivity index (χ0) is 13.2. The average Bonchev–Trinajstić information content (AvgIpc) is 2.77. The number of nitrogens with zero attached hydrogens (tertiary/aromatic N) is 4. The standard InChI is InChI=1S/C11H12N4O2S/c1-11(2,9(16)17)18-10-12-13-14-15(10)8-6-4-3-5-7-8/h3-7H,1-2H3,(H,16,17). The van der Waals surface area contributed by atoms with E-state index in [4.69, 9.17) is 5.11 Å². The quantitative estimate of drug-likeness (QED) is 0.845. The molecule has 0 saturated carbocycles. The first-order valence-electron chi connectivity index (χ1n) is 5.27. The van der Waals surface area contributed by atoms with E-state index in [0.29, 0.717) is 5.16 Å². The van der Waals surface area contributed by atoms with Gasteiger partial charge in [0, 0.05) is 0 Å². The van der Waals surface area contributed by atoms with Gasteiger partial charge in [-0.3, -0.25) is 4.79 Å². The first-order valence-corrected chi connectivity index (χ1v) is 6.08. The van der Waals surface area contributed by atoms with Gasteiger partial charge in [-0.1, -0.05) is 30.0 Å². The van der Waals surface area contributed by atoms with Gasteiger partial charge in [0.05, 0.1) is 5.69 Å². The van der Waals surface area contributed by atoms with E-state index in [9.17, 15) is 4.79 Å². The summed E-state index contributed by atoms with van der Waals surface area (Å²) >= 11 is 1.11. The van der Waals surface area contributed by atoms with Crippen LogP contribution in [0.1, 0.15) is 13.8 Å². The summed E-state index contributed by atoms with van der Waals surface area (Å²) in [6.45, 7) is 3.23. The Kier molecular flexibility index (Phi) is 3.33. The molecule has 0 atom stereocenters. The first kappa shape index (κ1) is 12.6. The number of carbonyl (C=O) groups is 1. The van der Waals surface area contributed by atoms with Gasteiger partial charge >= 0.3 is 5.97 Å². The molecule has 0 aliphatic rings. The maximum absolute atomic E-state index is 11.1. The molecular formula is C11H12N4O2S. The van der Waals surface area contributed by atoms with E-state index in [2.05, 4.69) is 15.5 Å². The van der Waals surface area contributed by atoms with Gasteiger partial charge in [0.15, 0.2) is 0 Å². The molecule has 0 fully saturated rings. The summed E-state index contributed by atoms with van der Waals surface area (Å²) in [5.74, 6) is -0.907. The molecule has 2 aromatic rings. The molecule has 1 aromatic heterocycles. The minimum atomic E-state index is -0.985. The van der Waals surface area contributed by atoms with E-state index in [-0.39, 0.29) is 0 Å². The molecule has 0 amide bonds. The Morgan fingerprint density at radius 2 is 2.00 bits per heavy atom. The van der Waals surface area contributed by atoms with E-state index in [0.717, 1.165) is 17.4 Å². The lowest BCUT2D eigenvalue weighted by atomic mass is 10.2. The second kappa shape index (κ2) is 4.77. The number of thioether (sulfide) groups is 1. The lowest BCUT2D eigenvalue weighted by Gasteiger charge is -2.17. The number of rotatable bonds is 4. The molecule has 1 N–H and O–H groups in total. The van der Waals surface area contributed by atoms with Crippen LogP contribution >= 0.6 is 11.8 Å². The van der Waals surface area contributed by atoms with Crippen LogP contribution < -0.4 is 0 Å². The average molecular weight is 264 g/mol. The second-order valence-corrected chi connectivity index (χ2v) is 5.72. The Bertz CT molecular complexity index is 553. The third kappa shape index (κ3) is 2.51. The van der Waals surface area contributed by atoms with Gasteiger partial charge in [-0.05, 0) is 36.4 Å². The highest BCUT2D eigenvalue weighted by Crippen LogP contribution is 2.31. The van der Waals surface area contributed by atoms with E-state index in [1.165, 1.54) is 4.68 Å². The molecule has 7 heteroatoms. The van der Waals surface area contributed by atoms with Crippen molar-refractivity contribution in [2.24, 2.45) is 0 Å². The van der Waals surface area contributed by atoms with Crippen molar-refractivity contribution in [1.29, 1.82) is 0 Å². The Morgan fingerprint density at radius 1 is 1.33 bits per heavy atom. The summed E-state index contributed by atoms with van der Waals surface area (Å²) in [4.78, 5) is 11.1. The summed E-state index contributed by atoms with van der Waals surface area (Å²) in [6, 6.07) is 9.34. The highest BCUT2D eigenvalue weighted by Gasteiger charge is 2.31. The molecule has 1 heterocycles. The molecule has 18 heavy (non-hydrogen) atoms. The smallest absolute Gasteiger partial charge is 0.319 e. The Balaban J connectivity index is 2.32. The Hall–Kier alpha value is -1.89.